The molecule has 2 aliphatic heterocycles. The van der Waals surface area contributed by atoms with Crippen LogP contribution >= 0.6 is 0 Å². The van der Waals surface area contributed by atoms with E-state index in [-0.39, 0.29) is 11.3 Å². The first-order valence-corrected chi connectivity index (χ1v) is 7.26. The summed E-state index contributed by atoms with van der Waals surface area (Å²) in [6, 6.07) is 9.80. The number of aromatic hydroxyl groups is 1. The molecule has 2 aromatic carbocycles. The highest BCUT2D eigenvalue weighted by Crippen LogP contribution is 2.49. The van der Waals surface area contributed by atoms with Crippen molar-refractivity contribution in [1.82, 2.24) is 0 Å². The molecule has 1 atom stereocenters. The first-order chi connectivity index (χ1) is 11.0. The monoisotopic (exact) mass is 313 g/mol. The Hall–Kier alpha value is -2.73. The predicted molar refractivity (Wildman–Crippen MR) is 81.9 cm³/mol. The zero-order chi connectivity index (χ0) is 16.2. The van der Waals surface area contributed by atoms with Crippen LogP contribution in [0.2, 0.25) is 0 Å². The number of aliphatic hydroxyl groups is 1. The second-order valence-electron chi connectivity index (χ2n) is 5.60. The zero-order valence-corrected chi connectivity index (χ0v) is 12.4. The lowest BCUT2D eigenvalue weighted by Crippen LogP contribution is -2.39. The van der Waals surface area contributed by atoms with Gasteiger partial charge in [-0.3, -0.25) is 4.79 Å². The smallest absolute Gasteiger partial charge is 0.268 e. The Balaban J connectivity index is 1.95. The van der Waals surface area contributed by atoms with E-state index in [9.17, 15) is 15.0 Å². The molecule has 118 valence electrons. The summed E-state index contributed by atoms with van der Waals surface area (Å²) < 4.78 is 10.9. The lowest BCUT2D eigenvalue weighted by molar-refractivity contribution is -0.132. The molecular weight excluding hydrogens is 298 g/mol. The van der Waals surface area contributed by atoms with E-state index in [0.717, 1.165) is 0 Å². The van der Waals surface area contributed by atoms with Crippen LogP contribution in [0.4, 0.5) is 5.69 Å². The van der Waals surface area contributed by atoms with Crippen LogP contribution in [-0.4, -0.2) is 36.4 Å². The Labute approximate surface area is 132 Å². The lowest BCUT2D eigenvalue weighted by Gasteiger charge is -2.26. The van der Waals surface area contributed by atoms with Gasteiger partial charge in [-0.25, -0.2) is 0 Å². The van der Waals surface area contributed by atoms with Gasteiger partial charge in [0, 0.05) is 24.2 Å². The van der Waals surface area contributed by atoms with Gasteiger partial charge in [0.25, 0.3) is 5.91 Å². The van der Waals surface area contributed by atoms with Crippen LogP contribution in [-0.2, 0) is 10.4 Å². The molecule has 0 bridgehead atoms. The molecule has 23 heavy (non-hydrogen) atoms. The number of amides is 1. The molecule has 6 nitrogen and oxygen atoms in total. The molecule has 2 N–H and O–H groups in total. The molecule has 0 aliphatic carbocycles. The standard InChI is InChI=1S/C17H15NO5/c1-18-12-5-3-2-4-10(12)17(21,16(18)20)11-8-14-15(9-13(11)19)23-7-6-22-14/h2-5,8-9,19,21H,6-7H2,1H3. The van der Waals surface area contributed by atoms with Crippen molar-refractivity contribution in [3.05, 3.63) is 47.5 Å². The molecule has 0 radical (unpaired) electrons. The van der Waals surface area contributed by atoms with Crippen molar-refractivity contribution in [3.8, 4) is 17.2 Å². The number of phenolic OH excluding ortho intramolecular Hbond substituents is 1. The van der Waals surface area contributed by atoms with E-state index in [1.165, 1.54) is 17.0 Å². The molecule has 0 saturated carbocycles. The van der Waals surface area contributed by atoms with Crippen molar-refractivity contribution in [2.45, 2.75) is 5.60 Å². The third kappa shape index (κ3) is 1.75. The molecule has 0 aromatic heterocycles. The molecule has 2 aliphatic rings. The highest BCUT2D eigenvalue weighted by Gasteiger charge is 2.51. The number of ether oxygens (including phenoxy) is 2. The molecule has 2 heterocycles. The third-order valence-electron chi connectivity index (χ3n) is 4.32. The van der Waals surface area contributed by atoms with Gasteiger partial charge in [0.15, 0.2) is 11.5 Å². The van der Waals surface area contributed by atoms with Crippen LogP contribution in [0.25, 0.3) is 0 Å². The average Bonchev–Trinajstić information content (AvgIpc) is 2.77. The summed E-state index contributed by atoms with van der Waals surface area (Å²) in [6.07, 6.45) is 0. The van der Waals surface area contributed by atoms with E-state index in [1.54, 1.807) is 31.3 Å². The second-order valence-corrected chi connectivity index (χ2v) is 5.60. The largest absolute Gasteiger partial charge is 0.507 e. The maximum Gasteiger partial charge on any atom is 0.268 e. The minimum atomic E-state index is -1.95. The van der Waals surface area contributed by atoms with Gasteiger partial charge >= 0.3 is 0 Å². The summed E-state index contributed by atoms with van der Waals surface area (Å²) in [5.41, 5.74) is -0.831. The van der Waals surface area contributed by atoms with Gasteiger partial charge in [-0.15, -0.1) is 0 Å². The van der Waals surface area contributed by atoms with Gasteiger partial charge in [-0.2, -0.15) is 0 Å². The number of fused-ring (bicyclic) bond motifs is 2. The number of likely N-dealkylation sites (N-methyl/N-ethyl adjacent to an activating group) is 1. The molecule has 1 amide bonds. The molecule has 0 saturated heterocycles. The Kier molecular flexibility index (Phi) is 2.80. The maximum atomic E-state index is 12.7. The van der Waals surface area contributed by atoms with Crippen molar-refractivity contribution < 1.29 is 24.5 Å². The van der Waals surface area contributed by atoms with Gasteiger partial charge in [-0.05, 0) is 12.1 Å². The van der Waals surface area contributed by atoms with Crippen molar-refractivity contribution in [3.63, 3.8) is 0 Å². The van der Waals surface area contributed by atoms with Gasteiger partial charge in [-0.1, -0.05) is 18.2 Å². The van der Waals surface area contributed by atoms with E-state index in [0.29, 0.717) is 36.0 Å². The number of para-hydroxylation sites is 1. The number of hydrogen-bond acceptors (Lipinski definition) is 5. The highest BCUT2D eigenvalue weighted by molar-refractivity contribution is 6.09. The summed E-state index contributed by atoms with van der Waals surface area (Å²) in [4.78, 5) is 14.1. The maximum absolute atomic E-state index is 12.7. The summed E-state index contributed by atoms with van der Waals surface area (Å²) in [5, 5.41) is 21.5. The Morgan fingerprint density at radius 2 is 1.74 bits per heavy atom. The summed E-state index contributed by atoms with van der Waals surface area (Å²) in [7, 11) is 1.59. The fourth-order valence-electron chi connectivity index (χ4n) is 3.17. The second kappa shape index (κ2) is 4.63. The minimum absolute atomic E-state index is 0.0866. The van der Waals surface area contributed by atoms with Gasteiger partial charge < -0.3 is 24.6 Å². The Bertz CT molecular complexity index is 819. The normalized spacial score (nSPS) is 22.2. The minimum Gasteiger partial charge on any atom is -0.507 e. The van der Waals surface area contributed by atoms with Gasteiger partial charge in [0.2, 0.25) is 5.60 Å². The molecule has 0 fully saturated rings. The topological polar surface area (TPSA) is 79.2 Å². The lowest BCUT2D eigenvalue weighted by atomic mass is 9.86. The van der Waals surface area contributed by atoms with E-state index in [1.807, 2.05) is 0 Å². The number of rotatable bonds is 1. The van der Waals surface area contributed by atoms with E-state index >= 15 is 0 Å². The number of carbonyl (C=O) groups excluding carboxylic acids is 1. The van der Waals surface area contributed by atoms with E-state index in [4.69, 9.17) is 9.47 Å². The average molecular weight is 313 g/mol. The van der Waals surface area contributed by atoms with Crippen LogP contribution in [0.15, 0.2) is 36.4 Å². The van der Waals surface area contributed by atoms with Crippen LogP contribution in [0.3, 0.4) is 0 Å². The van der Waals surface area contributed by atoms with E-state index in [2.05, 4.69) is 0 Å². The molecule has 0 spiro atoms. The van der Waals surface area contributed by atoms with Gasteiger partial charge in [0.05, 0.1) is 5.69 Å². The quantitative estimate of drug-likeness (QED) is 0.831. The predicted octanol–water partition coefficient (Wildman–Crippen LogP) is 1.38. The highest BCUT2D eigenvalue weighted by atomic mass is 16.6. The van der Waals surface area contributed by atoms with E-state index < -0.39 is 11.5 Å². The summed E-state index contributed by atoms with van der Waals surface area (Å²) in [5.74, 6) is 0.0615. The van der Waals surface area contributed by atoms with Crippen molar-refractivity contribution in [2.24, 2.45) is 0 Å². The molecule has 4 rings (SSSR count). The fourth-order valence-corrected chi connectivity index (χ4v) is 3.17. The van der Waals surface area contributed by atoms with Crippen LogP contribution in [0.5, 0.6) is 17.2 Å². The SMILES string of the molecule is CN1C(=O)C(O)(c2cc3c(cc2O)OCCO3)c2ccccc21. The van der Waals surface area contributed by atoms with Crippen molar-refractivity contribution in [2.75, 3.05) is 25.2 Å². The van der Waals surface area contributed by atoms with Gasteiger partial charge in [0.1, 0.15) is 19.0 Å². The van der Waals surface area contributed by atoms with Crippen molar-refractivity contribution in [1.29, 1.82) is 0 Å². The molecule has 1 unspecified atom stereocenters. The van der Waals surface area contributed by atoms with Crippen LogP contribution in [0.1, 0.15) is 11.1 Å². The number of hydrogen-bond donors (Lipinski definition) is 2. The molecule has 2 aromatic rings. The number of anilines is 1. The zero-order valence-electron chi connectivity index (χ0n) is 12.4. The molecule has 6 heteroatoms. The summed E-state index contributed by atoms with van der Waals surface area (Å²) >= 11 is 0. The number of phenols is 1. The fraction of sp³-hybridized carbons (Fsp3) is 0.235. The van der Waals surface area contributed by atoms with Crippen molar-refractivity contribution >= 4 is 11.6 Å². The number of carbonyl (C=O) groups is 1. The first kappa shape index (κ1) is 13.9. The summed E-state index contributed by atoms with van der Waals surface area (Å²) in [6.45, 7) is 0.765. The first-order valence-electron chi connectivity index (χ1n) is 7.26. The van der Waals surface area contributed by atoms with Crippen LogP contribution < -0.4 is 14.4 Å². The Morgan fingerprint density at radius 1 is 1.09 bits per heavy atom. The number of nitrogens with zero attached hydrogens (tertiary/aromatic N) is 1. The third-order valence-corrected chi connectivity index (χ3v) is 4.32. The molecular formula is C17H15NO5. The number of benzene rings is 2. The van der Waals surface area contributed by atoms with Crippen LogP contribution in [0, 0.1) is 0 Å². The Morgan fingerprint density at radius 3 is 2.48 bits per heavy atom.